The van der Waals surface area contributed by atoms with Gasteiger partial charge in [0.2, 0.25) is 11.8 Å². The third kappa shape index (κ3) is 3.70. The molecule has 7 nitrogen and oxygen atoms in total. The van der Waals surface area contributed by atoms with Crippen LogP contribution in [0.2, 0.25) is 0 Å². The maximum absolute atomic E-state index is 11.8. The summed E-state index contributed by atoms with van der Waals surface area (Å²) in [6, 6.07) is -0.822. The molecule has 0 aliphatic carbocycles. The monoisotopic (exact) mass is 243 g/mol. The van der Waals surface area contributed by atoms with Crippen molar-refractivity contribution < 1.29 is 19.5 Å². The summed E-state index contributed by atoms with van der Waals surface area (Å²) >= 11 is 0. The molecule has 0 bridgehead atoms. The van der Waals surface area contributed by atoms with Gasteiger partial charge in [-0.1, -0.05) is 0 Å². The quantitative estimate of drug-likeness (QED) is 0.542. The van der Waals surface area contributed by atoms with E-state index in [9.17, 15) is 14.4 Å². The molecule has 0 radical (unpaired) electrons. The van der Waals surface area contributed by atoms with Crippen LogP contribution in [0.1, 0.15) is 19.3 Å². The highest BCUT2D eigenvalue weighted by atomic mass is 16.4. The molecule has 1 aliphatic rings. The van der Waals surface area contributed by atoms with Crippen LogP contribution < -0.4 is 11.5 Å². The molecule has 7 heteroatoms. The first kappa shape index (κ1) is 13.4. The maximum atomic E-state index is 11.8. The van der Waals surface area contributed by atoms with E-state index in [2.05, 4.69) is 0 Å². The first-order valence-corrected chi connectivity index (χ1v) is 5.47. The number of primary amides is 1. The highest BCUT2D eigenvalue weighted by Crippen LogP contribution is 2.16. The van der Waals surface area contributed by atoms with Gasteiger partial charge in [0.25, 0.3) is 0 Å². The van der Waals surface area contributed by atoms with Gasteiger partial charge < -0.3 is 21.5 Å². The van der Waals surface area contributed by atoms with Crippen LogP contribution in [0.3, 0.4) is 0 Å². The predicted molar refractivity (Wildman–Crippen MR) is 58.7 cm³/mol. The Labute approximate surface area is 98.7 Å². The summed E-state index contributed by atoms with van der Waals surface area (Å²) in [6.45, 7) is 0.738. The minimum Gasteiger partial charge on any atom is -0.481 e. The van der Waals surface area contributed by atoms with Crippen LogP contribution in [-0.4, -0.2) is 46.9 Å². The molecular weight excluding hydrogens is 226 g/mol. The molecule has 2 amide bonds. The zero-order valence-electron chi connectivity index (χ0n) is 9.46. The molecule has 2 atom stereocenters. The second kappa shape index (κ2) is 5.62. The van der Waals surface area contributed by atoms with Crippen molar-refractivity contribution in [2.75, 3.05) is 13.1 Å². The molecule has 1 saturated heterocycles. The first-order chi connectivity index (χ1) is 7.91. The zero-order chi connectivity index (χ0) is 13.0. The molecule has 1 fully saturated rings. The molecule has 0 aromatic carbocycles. The van der Waals surface area contributed by atoms with Crippen molar-refractivity contribution in [2.24, 2.45) is 17.4 Å². The van der Waals surface area contributed by atoms with Crippen LogP contribution in [-0.2, 0) is 14.4 Å². The Balaban J connectivity index is 2.43. The Hall–Kier alpha value is -1.63. The lowest BCUT2D eigenvalue weighted by Crippen LogP contribution is -2.43. The van der Waals surface area contributed by atoms with E-state index in [1.807, 2.05) is 0 Å². The fraction of sp³-hybridized carbons (Fsp3) is 0.700. The number of hydrogen-bond acceptors (Lipinski definition) is 4. The molecule has 1 aliphatic heterocycles. The number of nitrogens with zero attached hydrogens (tertiary/aromatic N) is 1. The highest BCUT2D eigenvalue weighted by molar-refractivity contribution is 5.84. The summed E-state index contributed by atoms with van der Waals surface area (Å²) in [7, 11) is 0. The van der Waals surface area contributed by atoms with Gasteiger partial charge in [-0.2, -0.15) is 0 Å². The lowest BCUT2D eigenvalue weighted by atomic mass is 10.1. The number of hydrogen-bond donors (Lipinski definition) is 3. The van der Waals surface area contributed by atoms with Crippen LogP contribution >= 0.6 is 0 Å². The second-order valence-corrected chi connectivity index (χ2v) is 4.21. The SMILES string of the molecule is NC(=O)C1CCN(C(=O)C(N)CCC(=O)O)C1. The Kier molecular flexibility index (Phi) is 4.45. The Morgan fingerprint density at radius 2 is 2.06 bits per heavy atom. The van der Waals surface area contributed by atoms with Gasteiger partial charge in [0, 0.05) is 19.5 Å². The Bertz CT molecular complexity index is 332. The number of nitrogens with two attached hydrogens (primary N) is 2. The molecule has 0 spiro atoms. The van der Waals surface area contributed by atoms with Crippen molar-refractivity contribution in [3.8, 4) is 0 Å². The van der Waals surface area contributed by atoms with Crippen LogP contribution in [0, 0.1) is 5.92 Å². The molecule has 2 unspecified atom stereocenters. The third-order valence-electron chi connectivity index (χ3n) is 2.89. The van der Waals surface area contributed by atoms with E-state index in [4.69, 9.17) is 16.6 Å². The van der Waals surface area contributed by atoms with E-state index in [-0.39, 0.29) is 31.2 Å². The molecule has 0 saturated carbocycles. The molecule has 96 valence electrons. The first-order valence-electron chi connectivity index (χ1n) is 5.47. The number of amides is 2. The highest BCUT2D eigenvalue weighted by Gasteiger charge is 2.31. The van der Waals surface area contributed by atoms with Crippen molar-refractivity contribution in [3.05, 3.63) is 0 Å². The smallest absolute Gasteiger partial charge is 0.303 e. The normalized spacial score (nSPS) is 21.2. The number of carboxylic acid groups (broad SMARTS) is 1. The summed E-state index contributed by atoms with van der Waals surface area (Å²) in [5, 5.41) is 8.48. The molecule has 0 aromatic rings. The van der Waals surface area contributed by atoms with Crippen LogP contribution in [0.15, 0.2) is 0 Å². The van der Waals surface area contributed by atoms with E-state index in [0.29, 0.717) is 13.0 Å². The largest absolute Gasteiger partial charge is 0.481 e. The number of carbonyl (C=O) groups excluding carboxylic acids is 2. The summed E-state index contributed by atoms with van der Waals surface area (Å²) in [5.41, 5.74) is 10.7. The van der Waals surface area contributed by atoms with Gasteiger partial charge in [-0.05, 0) is 12.8 Å². The summed E-state index contributed by atoms with van der Waals surface area (Å²) in [4.78, 5) is 34.5. The molecule has 1 rings (SSSR count). The fourth-order valence-electron chi connectivity index (χ4n) is 1.83. The average Bonchev–Trinajstić information content (AvgIpc) is 2.73. The zero-order valence-corrected chi connectivity index (χ0v) is 9.46. The van der Waals surface area contributed by atoms with E-state index < -0.39 is 17.9 Å². The third-order valence-corrected chi connectivity index (χ3v) is 2.89. The molecular formula is C10H17N3O4. The van der Waals surface area contributed by atoms with Gasteiger partial charge in [-0.15, -0.1) is 0 Å². The van der Waals surface area contributed by atoms with Crippen molar-refractivity contribution in [3.63, 3.8) is 0 Å². The van der Waals surface area contributed by atoms with Crippen LogP contribution in [0.4, 0.5) is 0 Å². The van der Waals surface area contributed by atoms with E-state index >= 15 is 0 Å². The van der Waals surface area contributed by atoms with Crippen LogP contribution in [0.25, 0.3) is 0 Å². The van der Waals surface area contributed by atoms with Gasteiger partial charge in [-0.3, -0.25) is 14.4 Å². The maximum Gasteiger partial charge on any atom is 0.303 e. The van der Waals surface area contributed by atoms with Crippen molar-refractivity contribution in [1.29, 1.82) is 0 Å². The van der Waals surface area contributed by atoms with Gasteiger partial charge in [0.15, 0.2) is 0 Å². The minimum absolute atomic E-state index is 0.103. The molecule has 17 heavy (non-hydrogen) atoms. The summed E-state index contributed by atoms with van der Waals surface area (Å²) in [5.74, 6) is -2.02. The van der Waals surface area contributed by atoms with Gasteiger partial charge in [0.05, 0.1) is 12.0 Å². The van der Waals surface area contributed by atoms with Gasteiger partial charge in [-0.25, -0.2) is 0 Å². The van der Waals surface area contributed by atoms with Crippen molar-refractivity contribution >= 4 is 17.8 Å². The fourth-order valence-corrected chi connectivity index (χ4v) is 1.83. The van der Waals surface area contributed by atoms with Crippen molar-refractivity contribution in [2.45, 2.75) is 25.3 Å². The standard InChI is InChI=1S/C10H17N3O4/c11-7(1-2-8(14)15)10(17)13-4-3-6(5-13)9(12)16/h6-7H,1-5,11H2,(H2,12,16)(H,14,15). The lowest BCUT2D eigenvalue weighted by Gasteiger charge is -2.20. The lowest BCUT2D eigenvalue weighted by molar-refractivity contribution is -0.137. The topological polar surface area (TPSA) is 127 Å². The van der Waals surface area contributed by atoms with E-state index in [1.165, 1.54) is 4.90 Å². The van der Waals surface area contributed by atoms with Gasteiger partial charge in [0.1, 0.15) is 0 Å². The summed E-state index contributed by atoms with van der Waals surface area (Å²) in [6.07, 6.45) is 0.513. The summed E-state index contributed by atoms with van der Waals surface area (Å²) < 4.78 is 0. The number of aliphatic carboxylic acids is 1. The number of likely N-dealkylation sites (tertiary alicyclic amines) is 1. The Morgan fingerprint density at radius 3 is 2.53 bits per heavy atom. The van der Waals surface area contributed by atoms with Crippen LogP contribution in [0.5, 0.6) is 0 Å². The van der Waals surface area contributed by atoms with E-state index in [1.54, 1.807) is 0 Å². The molecule has 1 heterocycles. The second-order valence-electron chi connectivity index (χ2n) is 4.21. The predicted octanol–water partition coefficient (Wildman–Crippen LogP) is -1.49. The molecule has 0 aromatic heterocycles. The minimum atomic E-state index is -0.982. The number of rotatable bonds is 5. The number of carboxylic acids is 1. The van der Waals surface area contributed by atoms with E-state index in [0.717, 1.165) is 0 Å². The number of carbonyl (C=O) groups is 3. The average molecular weight is 243 g/mol. The Morgan fingerprint density at radius 1 is 1.41 bits per heavy atom. The molecule has 5 N–H and O–H groups in total. The van der Waals surface area contributed by atoms with Gasteiger partial charge >= 0.3 is 5.97 Å². The van der Waals surface area contributed by atoms with Crippen molar-refractivity contribution in [1.82, 2.24) is 4.90 Å².